The predicted molar refractivity (Wildman–Crippen MR) is 50.6 cm³/mol. The van der Waals surface area contributed by atoms with E-state index in [0.717, 1.165) is 6.33 Å². The number of sulfonamides is 1. The lowest BCUT2D eigenvalue weighted by molar-refractivity contribution is 0.167. The molecule has 0 radical (unpaired) electrons. The summed E-state index contributed by atoms with van der Waals surface area (Å²) in [5.41, 5.74) is 0. The molecule has 1 rings (SSSR count). The number of hydrogen-bond acceptors (Lipinski definition) is 5. The fourth-order valence-electron chi connectivity index (χ4n) is 0.852. The maximum atomic E-state index is 11.0. The van der Waals surface area contributed by atoms with Crippen LogP contribution in [0.4, 0.5) is 10.6 Å². The first-order chi connectivity index (χ1) is 6.95. The number of carbonyl (C=O) groups is 1. The van der Waals surface area contributed by atoms with Crippen molar-refractivity contribution < 1.29 is 17.9 Å². The highest BCUT2D eigenvalue weighted by Gasteiger charge is 2.18. The fraction of sp³-hybridized carbons (Fsp3) is 0.333. The number of H-pyrrole nitrogens is 1. The molecule has 4 N–H and O–H groups in total. The second-order valence-electron chi connectivity index (χ2n) is 2.47. The molecule has 8 nitrogen and oxygen atoms in total. The zero-order valence-electron chi connectivity index (χ0n) is 7.85. The number of ether oxygens (including phenoxy) is 1. The standard InChI is InChI=1S/C6H10N4O4S/c1-2-14-6(11)10-4-5(9-3-8-4)15(7,12)13/h3H,2H2,1H3,(H,8,9)(H,10,11)(H2,7,12,13). The third-order valence-electron chi connectivity index (χ3n) is 1.38. The first kappa shape index (κ1) is 11.5. The van der Waals surface area contributed by atoms with E-state index in [2.05, 4.69) is 20.0 Å². The first-order valence-corrected chi connectivity index (χ1v) is 5.49. The number of nitrogens with one attached hydrogen (secondary N) is 2. The average molecular weight is 234 g/mol. The lowest BCUT2D eigenvalue weighted by atomic mass is 10.7. The second-order valence-corrected chi connectivity index (χ2v) is 3.97. The fourth-order valence-corrected chi connectivity index (χ4v) is 1.44. The van der Waals surface area contributed by atoms with Crippen LogP contribution in [0.5, 0.6) is 0 Å². The van der Waals surface area contributed by atoms with Crippen molar-refractivity contribution in [3.8, 4) is 0 Å². The maximum Gasteiger partial charge on any atom is 0.412 e. The van der Waals surface area contributed by atoms with E-state index in [1.165, 1.54) is 0 Å². The molecule has 0 saturated heterocycles. The number of rotatable bonds is 3. The van der Waals surface area contributed by atoms with Crippen LogP contribution in [0.15, 0.2) is 11.4 Å². The van der Waals surface area contributed by atoms with Crippen molar-refractivity contribution in [2.24, 2.45) is 5.14 Å². The third kappa shape index (κ3) is 2.92. The van der Waals surface area contributed by atoms with Crippen molar-refractivity contribution in [3.05, 3.63) is 6.33 Å². The number of aromatic nitrogens is 2. The van der Waals surface area contributed by atoms with Crippen LogP contribution in [-0.4, -0.2) is 31.1 Å². The normalized spacial score (nSPS) is 11.1. The van der Waals surface area contributed by atoms with Gasteiger partial charge in [-0.05, 0) is 6.92 Å². The summed E-state index contributed by atoms with van der Waals surface area (Å²) in [5, 5.41) is 6.63. The van der Waals surface area contributed by atoms with Gasteiger partial charge in [0.2, 0.25) is 0 Å². The molecule has 0 saturated carbocycles. The topological polar surface area (TPSA) is 127 Å². The molecule has 0 fully saturated rings. The van der Waals surface area contributed by atoms with E-state index >= 15 is 0 Å². The third-order valence-corrected chi connectivity index (χ3v) is 2.27. The molecule has 15 heavy (non-hydrogen) atoms. The van der Waals surface area contributed by atoms with Crippen LogP contribution in [0.25, 0.3) is 0 Å². The van der Waals surface area contributed by atoms with E-state index in [-0.39, 0.29) is 17.5 Å². The molecule has 0 bridgehead atoms. The van der Waals surface area contributed by atoms with Gasteiger partial charge >= 0.3 is 6.09 Å². The summed E-state index contributed by atoms with van der Waals surface area (Å²) >= 11 is 0. The van der Waals surface area contributed by atoms with E-state index in [9.17, 15) is 13.2 Å². The Morgan fingerprint density at radius 3 is 2.93 bits per heavy atom. The minimum absolute atomic E-state index is 0.168. The number of imidazole rings is 1. The Kier molecular flexibility index (Phi) is 3.27. The number of anilines is 1. The quantitative estimate of drug-likeness (QED) is 0.657. The molecule has 1 aromatic heterocycles. The first-order valence-electron chi connectivity index (χ1n) is 3.95. The molecule has 0 aliphatic heterocycles. The molecular weight excluding hydrogens is 224 g/mol. The summed E-state index contributed by atoms with van der Waals surface area (Å²) in [6, 6.07) is 0. The van der Waals surface area contributed by atoms with Gasteiger partial charge in [-0.2, -0.15) is 0 Å². The van der Waals surface area contributed by atoms with Crippen LogP contribution in [0, 0.1) is 0 Å². The van der Waals surface area contributed by atoms with Crippen molar-refractivity contribution in [1.82, 2.24) is 9.97 Å². The second kappa shape index (κ2) is 4.28. The SMILES string of the molecule is CCOC(=O)Nc1nc[nH]c1S(N)(=O)=O. The summed E-state index contributed by atoms with van der Waals surface area (Å²) < 4.78 is 26.5. The zero-order valence-corrected chi connectivity index (χ0v) is 8.67. The lowest BCUT2D eigenvalue weighted by Gasteiger charge is -2.03. The molecule has 9 heteroatoms. The molecule has 1 aromatic rings. The highest BCUT2D eigenvalue weighted by Crippen LogP contribution is 2.13. The Morgan fingerprint density at radius 1 is 1.73 bits per heavy atom. The van der Waals surface area contributed by atoms with E-state index in [1.807, 2.05) is 0 Å². The van der Waals surface area contributed by atoms with Crippen molar-refractivity contribution in [1.29, 1.82) is 0 Å². The molecule has 0 atom stereocenters. The van der Waals surface area contributed by atoms with Gasteiger partial charge < -0.3 is 9.72 Å². The summed E-state index contributed by atoms with van der Waals surface area (Å²) in [7, 11) is -3.94. The van der Waals surface area contributed by atoms with Crippen LogP contribution in [0.3, 0.4) is 0 Å². The Labute approximate surface area is 85.9 Å². The van der Waals surface area contributed by atoms with E-state index in [0.29, 0.717) is 0 Å². The summed E-state index contributed by atoms with van der Waals surface area (Å²) in [6.07, 6.45) is 0.302. The largest absolute Gasteiger partial charge is 0.450 e. The number of nitrogens with zero attached hydrogens (tertiary/aromatic N) is 1. The van der Waals surface area contributed by atoms with Gasteiger partial charge in [0.1, 0.15) is 0 Å². The van der Waals surface area contributed by atoms with Crippen LogP contribution >= 0.6 is 0 Å². The van der Waals surface area contributed by atoms with E-state index in [4.69, 9.17) is 5.14 Å². The van der Waals surface area contributed by atoms with Gasteiger partial charge in [-0.15, -0.1) is 0 Å². The van der Waals surface area contributed by atoms with E-state index < -0.39 is 16.1 Å². The Balaban J connectivity index is 2.88. The van der Waals surface area contributed by atoms with Gasteiger partial charge in [0.05, 0.1) is 12.9 Å². The van der Waals surface area contributed by atoms with Gasteiger partial charge in [-0.1, -0.05) is 0 Å². The number of hydrogen-bond donors (Lipinski definition) is 3. The van der Waals surface area contributed by atoms with Gasteiger partial charge in [0.15, 0.2) is 10.8 Å². The molecule has 0 aliphatic carbocycles. The van der Waals surface area contributed by atoms with Crippen LogP contribution in [-0.2, 0) is 14.8 Å². The van der Waals surface area contributed by atoms with Crippen LogP contribution in [0.1, 0.15) is 6.92 Å². The number of carbonyl (C=O) groups excluding carboxylic acids is 1. The van der Waals surface area contributed by atoms with Crippen molar-refractivity contribution in [2.75, 3.05) is 11.9 Å². The molecular formula is C6H10N4O4S. The summed E-state index contributed by atoms with van der Waals surface area (Å²) in [5.74, 6) is -0.184. The predicted octanol–water partition coefficient (Wildman–Crippen LogP) is -0.374. The molecule has 0 aromatic carbocycles. The molecule has 0 spiro atoms. The number of primary sulfonamides is 1. The summed E-state index contributed by atoms with van der Waals surface area (Å²) in [4.78, 5) is 16.8. The zero-order chi connectivity index (χ0) is 11.5. The molecule has 1 heterocycles. The maximum absolute atomic E-state index is 11.0. The van der Waals surface area contributed by atoms with Gasteiger partial charge in [0, 0.05) is 0 Å². The average Bonchev–Trinajstić information content (AvgIpc) is 2.51. The van der Waals surface area contributed by atoms with Crippen LogP contribution < -0.4 is 10.5 Å². The van der Waals surface area contributed by atoms with Crippen LogP contribution in [0.2, 0.25) is 0 Å². The molecule has 84 valence electrons. The Hall–Kier alpha value is -1.61. The highest BCUT2D eigenvalue weighted by atomic mass is 32.2. The monoisotopic (exact) mass is 234 g/mol. The van der Waals surface area contributed by atoms with Crippen molar-refractivity contribution in [3.63, 3.8) is 0 Å². The minimum Gasteiger partial charge on any atom is -0.450 e. The molecule has 0 unspecified atom stereocenters. The minimum atomic E-state index is -3.94. The number of aromatic amines is 1. The van der Waals surface area contributed by atoms with Gasteiger partial charge in [-0.25, -0.2) is 23.3 Å². The van der Waals surface area contributed by atoms with Gasteiger partial charge in [0.25, 0.3) is 10.0 Å². The molecule has 0 aliphatic rings. The Bertz CT molecular complexity index is 451. The number of amides is 1. The Morgan fingerprint density at radius 2 is 2.40 bits per heavy atom. The van der Waals surface area contributed by atoms with Crippen molar-refractivity contribution in [2.45, 2.75) is 11.9 Å². The van der Waals surface area contributed by atoms with E-state index in [1.54, 1.807) is 6.92 Å². The van der Waals surface area contributed by atoms with Gasteiger partial charge in [-0.3, -0.25) is 5.32 Å². The van der Waals surface area contributed by atoms with Crippen molar-refractivity contribution >= 4 is 21.9 Å². The lowest BCUT2D eigenvalue weighted by Crippen LogP contribution is -2.19. The molecule has 1 amide bonds. The number of nitrogens with two attached hydrogens (primary N) is 1. The highest BCUT2D eigenvalue weighted by molar-refractivity contribution is 7.89. The smallest absolute Gasteiger partial charge is 0.412 e. The summed E-state index contributed by atoms with van der Waals surface area (Å²) in [6.45, 7) is 1.78.